The zero-order valence-electron chi connectivity index (χ0n) is 7.97. The van der Waals surface area contributed by atoms with Crippen LogP contribution in [0.15, 0.2) is 24.3 Å². The average Bonchev–Trinajstić information content (AvgIpc) is 3.01. The monoisotopic (exact) mass is 222 g/mol. The lowest BCUT2D eigenvalue weighted by Crippen LogP contribution is -2.17. The molecule has 2 rings (SSSR count). The molecule has 0 amide bonds. The van der Waals surface area contributed by atoms with Crippen LogP contribution in [0.3, 0.4) is 0 Å². The van der Waals surface area contributed by atoms with E-state index < -0.39 is 10.0 Å². The summed E-state index contributed by atoms with van der Waals surface area (Å²) in [7, 11) is -3.19. The fraction of sp³-hybridized carbons (Fsp3) is 0.300. The quantitative estimate of drug-likeness (QED) is 0.841. The Labute approximate surface area is 88.6 Å². The highest BCUT2D eigenvalue weighted by molar-refractivity contribution is 7.93. The Morgan fingerprint density at radius 3 is 2.33 bits per heavy atom. The molecule has 1 saturated carbocycles. The SMILES string of the molecule is N#Cc1ccc(NS(=O)(=O)C2CC2)cc1. The van der Waals surface area contributed by atoms with E-state index in [0.717, 1.165) is 12.8 Å². The van der Waals surface area contributed by atoms with Crippen molar-refractivity contribution in [3.05, 3.63) is 29.8 Å². The van der Waals surface area contributed by atoms with Gasteiger partial charge in [-0.2, -0.15) is 5.26 Å². The smallest absolute Gasteiger partial charge is 0.235 e. The van der Waals surface area contributed by atoms with Crippen LogP contribution < -0.4 is 4.72 Å². The van der Waals surface area contributed by atoms with Crippen molar-refractivity contribution < 1.29 is 8.42 Å². The molecule has 0 radical (unpaired) electrons. The average molecular weight is 222 g/mol. The first-order chi connectivity index (χ1) is 7.12. The topological polar surface area (TPSA) is 70.0 Å². The third kappa shape index (κ3) is 2.28. The number of sulfonamides is 1. The second-order valence-electron chi connectivity index (χ2n) is 3.54. The van der Waals surface area contributed by atoms with Gasteiger partial charge in [-0.25, -0.2) is 8.42 Å². The van der Waals surface area contributed by atoms with Crippen molar-refractivity contribution in [2.75, 3.05) is 4.72 Å². The maximum absolute atomic E-state index is 11.5. The lowest BCUT2D eigenvalue weighted by Gasteiger charge is -2.05. The van der Waals surface area contributed by atoms with Crippen molar-refractivity contribution >= 4 is 15.7 Å². The maximum Gasteiger partial charge on any atom is 0.235 e. The minimum Gasteiger partial charge on any atom is -0.283 e. The molecule has 1 aliphatic rings. The van der Waals surface area contributed by atoms with Crippen LogP contribution in [-0.2, 0) is 10.0 Å². The van der Waals surface area contributed by atoms with E-state index in [-0.39, 0.29) is 5.25 Å². The van der Waals surface area contributed by atoms with Crippen molar-refractivity contribution in [1.29, 1.82) is 5.26 Å². The van der Waals surface area contributed by atoms with Crippen molar-refractivity contribution in [2.24, 2.45) is 0 Å². The van der Waals surface area contributed by atoms with Gasteiger partial charge in [-0.3, -0.25) is 4.72 Å². The van der Waals surface area contributed by atoms with Crippen LogP contribution in [0.25, 0.3) is 0 Å². The van der Waals surface area contributed by atoms with E-state index in [1.807, 2.05) is 6.07 Å². The number of benzene rings is 1. The standard InChI is InChI=1S/C10H10N2O2S/c11-7-8-1-3-9(4-2-8)12-15(13,14)10-5-6-10/h1-4,10,12H,5-6H2. The molecular weight excluding hydrogens is 212 g/mol. The molecule has 1 aliphatic carbocycles. The van der Waals surface area contributed by atoms with Gasteiger partial charge in [-0.1, -0.05) is 0 Å². The van der Waals surface area contributed by atoms with Gasteiger partial charge in [0.25, 0.3) is 0 Å². The van der Waals surface area contributed by atoms with Crippen LogP contribution in [0, 0.1) is 11.3 Å². The molecular formula is C10H10N2O2S. The maximum atomic E-state index is 11.5. The Kier molecular flexibility index (Phi) is 2.37. The number of nitrogens with zero attached hydrogens (tertiary/aromatic N) is 1. The molecule has 0 saturated heterocycles. The Hall–Kier alpha value is -1.54. The summed E-state index contributed by atoms with van der Waals surface area (Å²) in [5.41, 5.74) is 1.03. The lowest BCUT2D eigenvalue weighted by atomic mass is 10.2. The van der Waals surface area contributed by atoms with Gasteiger partial charge in [0.2, 0.25) is 10.0 Å². The fourth-order valence-corrected chi connectivity index (χ4v) is 2.63. The molecule has 0 heterocycles. The summed E-state index contributed by atoms with van der Waals surface area (Å²) >= 11 is 0. The summed E-state index contributed by atoms with van der Waals surface area (Å²) in [6.45, 7) is 0. The fourth-order valence-electron chi connectivity index (χ4n) is 1.24. The van der Waals surface area contributed by atoms with Gasteiger partial charge in [0.1, 0.15) is 0 Å². The minimum atomic E-state index is -3.19. The van der Waals surface area contributed by atoms with E-state index in [9.17, 15) is 8.42 Å². The zero-order valence-corrected chi connectivity index (χ0v) is 8.79. The van der Waals surface area contributed by atoms with E-state index in [0.29, 0.717) is 11.3 Å². The number of nitrogens with one attached hydrogen (secondary N) is 1. The van der Waals surface area contributed by atoms with Gasteiger partial charge in [-0.05, 0) is 37.1 Å². The lowest BCUT2D eigenvalue weighted by molar-refractivity contribution is 0.600. The molecule has 1 aromatic rings. The predicted molar refractivity (Wildman–Crippen MR) is 56.7 cm³/mol. The van der Waals surface area contributed by atoms with Gasteiger partial charge in [0.05, 0.1) is 16.9 Å². The first kappa shape index (κ1) is 9.99. The van der Waals surface area contributed by atoms with Gasteiger partial charge >= 0.3 is 0 Å². The summed E-state index contributed by atoms with van der Waals surface area (Å²) in [6, 6.07) is 8.34. The summed E-state index contributed by atoms with van der Waals surface area (Å²) < 4.78 is 25.6. The molecule has 78 valence electrons. The van der Waals surface area contributed by atoms with Gasteiger partial charge in [0.15, 0.2) is 0 Å². The highest BCUT2D eigenvalue weighted by Gasteiger charge is 2.35. The third-order valence-electron chi connectivity index (χ3n) is 2.24. The van der Waals surface area contributed by atoms with Crippen LogP contribution in [0.4, 0.5) is 5.69 Å². The molecule has 1 fully saturated rings. The normalized spacial score (nSPS) is 15.7. The van der Waals surface area contributed by atoms with Crippen molar-refractivity contribution in [1.82, 2.24) is 0 Å². The molecule has 15 heavy (non-hydrogen) atoms. The highest BCUT2D eigenvalue weighted by atomic mass is 32.2. The van der Waals surface area contributed by atoms with Gasteiger partial charge in [0, 0.05) is 5.69 Å². The highest BCUT2D eigenvalue weighted by Crippen LogP contribution is 2.29. The molecule has 0 aromatic heterocycles. The third-order valence-corrected chi connectivity index (χ3v) is 4.11. The van der Waals surface area contributed by atoms with Gasteiger partial charge < -0.3 is 0 Å². The Balaban J connectivity index is 2.14. The number of hydrogen-bond donors (Lipinski definition) is 1. The van der Waals surface area contributed by atoms with E-state index in [1.165, 1.54) is 0 Å². The van der Waals surface area contributed by atoms with Crippen LogP contribution >= 0.6 is 0 Å². The largest absolute Gasteiger partial charge is 0.283 e. The van der Waals surface area contributed by atoms with Crippen LogP contribution in [0.2, 0.25) is 0 Å². The van der Waals surface area contributed by atoms with Gasteiger partial charge in [-0.15, -0.1) is 0 Å². The summed E-state index contributed by atoms with van der Waals surface area (Å²) in [4.78, 5) is 0. The second-order valence-corrected chi connectivity index (χ2v) is 5.50. The molecule has 0 atom stereocenters. The van der Waals surface area contributed by atoms with E-state index in [1.54, 1.807) is 24.3 Å². The molecule has 0 unspecified atom stereocenters. The summed E-state index contributed by atoms with van der Waals surface area (Å²) in [5, 5.41) is 8.34. The first-order valence-corrected chi connectivity index (χ1v) is 6.18. The summed E-state index contributed by atoms with van der Waals surface area (Å²) in [5.74, 6) is 0. The van der Waals surface area contributed by atoms with Crippen molar-refractivity contribution in [2.45, 2.75) is 18.1 Å². The number of hydrogen-bond acceptors (Lipinski definition) is 3. The zero-order chi connectivity index (χ0) is 10.9. The molecule has 1 aromatic carbocycles. The molecule has 4 nitrogen and oxygen atoms in total. The first-order valence-electron chi connectivity index (χ1n) is 4.63. The van der Waals surface area contributed by atoms with E-state index >= 15 is 0 Å². The van der Waals surface area contributed by atoms with Crippen LogP contribution in [0.5, 0.6) is 0 Å². The molecule has 1 N–H and O–H groups in total. The van der Waals surface area contributed by atoms with Crippen molar-refractivity contribution in [3.63, 3.8) is 0 Å². The molecule has 0 aliphatic heterocycles. The van der Waals surface area contributed by atoms with E-state index in [2.05, 4.69) is 4.72 Å². The Morgan fingerprint density at radius 1 is 1.27 bits per heavy atom. The summed E-state index contributed by atoms with van der Waals surface area (Å²) in [6.07, 6.45) is 1.48. The molecule has 0 bridgehead atoms. The van der Waals surface area contributed by atoms with Crippen LogP contribution in [0.1, 0.15) is 18.4 Å². The Morgan fingerprint density at radius 2 is 1.87 bits per heavy atom. The molecule has 5 heteroatoms. The number of nitriles is 1. The van der Waals surface area contributed by atoms with E-state index in [4.69, 9.17) is 5.26 Å². The number of rotatable bonds is 3. The van der Waals surface area contributed by atoms with Crippen LogP contribution in [-0.4, -0.2) is 13.7 Å². The number of anilines is 1. The second kappa shape index (κ2) is 3.55. The van der Waals surface area contributed by atoms with Crippen molar-refractivity contribution in [3.8, 4) is 6.07 Å². The Bertz CT molecular complexity index is 495. The minimum absolute atomic E-state index is 0.229. The predicted octanol–water partition coefficient (Wildman–Crippen LogP) is 1.46. The molecule has 0 spiro atoms.